The molecule has 0 unspecified atom stereocenters. The van der Waals surface area contributed by atoms with Gasteiger partial charge in [0.1, 0.15) is 5.69 Å². The van der Waals surface area contributed by atoms with Gasteiger partial charge in [-0.15, -0.1) is 0 Å². The number of pyridine rings is 1. The standard InChI is InChI=1S/C15H17N3O3/c1-4-21-14(19)8-6-12-5-7-13(15(17-12)20-3)18-9-11(2)16-10-18/h5-10H,4H2,1-3H3/b8-6+. The number of imidazole rings is 1. The van der Waals surface area contributed by atoms with Crippen LogP contribution in [0.5, 0.6) is 5.88 Å². The Morgan fingerprint density at radius 3 is 2.86 bits per heavy atom. The third-order valence-corrected chi connectivity index (χ3v) is 2.72. The van der Waals surface area contributed by atoms with Crippen LogP contribution in [0.1, 0.15) is 18.3 Å². The maximum Gasteiger partial charge on any atom is 0.330 e. The molecule has 21 heavy (non-hydrogen) atoms. The lowest BCUT2D eigenvalue weighted by atomic mass is 10.3. The second-order valence-electron chi connectivity index (χ2n) is 4.27. The molecule has 6 nitrogen and oxygen atoms in total. The van der Waals surface area contributed by atoms with Crippen molar-refractivity contribution in [1.82, 2.24) is 14.5 Å². The van der Waals surface area contributed by atoms with Gasteiger partial charge in [-0.05, 0) is 32.1 Å². The molecular formula is C15H17N3O3. The number of carbonyl (C=O) groups is 1. The molecule has 0 saturated carbocycles. The first-order valence-electron chi connectivity index (χ1n) is 6.55. The minimum Gasteiger partial charge on any atom is -0.479 e. The minimum atomic E-state index is -0.396. The van der Waals surface area contributed by atoms with E-state index >= 15 is 0 Å². The summed E-state index contributed by atoms with van der Waals surface area (Å²) < 4.78 is 11.9. The largest absolute Gasteiger partial charge is 0.479 e. The fourth-order valence-electron chi connectivity index (χ4n) is 1.78. The topological polar surface area (TPSA) is 66.2 Å². The number of carbonyl (C=O) groups excluding carboxylic acids is 1. The molecule has 0 bridgehead atoms. The summed E-state index contributed by atoms with van der Waals surface area (Å²) in [6.45, 7) is 4.01. The summed E-state index contributed by atoms with van der Waals surface area (Å²) in [5, 5.41) is 0. The van der Waals surface area contributed by atoms with Crippen molar-refractivity contribution in [2.75, 3.05) is 13.7 Å². The Bertz CT molecular complexity index is 662. The molecule has 110 valence electrons. The van der Waals surface area contributed by atoms with E-state index in [2.05, 4.69) is 9.97 Å². The first kappa shape index (κ1) is 14.8. The Kier molecular flexibility index (Phi) is 4.71. The highest BCUT2D eigenvalue weighted by molar-refractivity contribution is 5.86. The molecule has 6 heteroatoms. The maximum absolute atomic E-state index is 11.3. The first-order chi connectivity index (χ1) is 10.1. The van der Waals surface area contributed by atoms with Crippen LogP contribution in [-0.2, 0) is 9.53 Å². The van der Waals surface area contributed by atoms with Crippen LogP contribution in [0.15, 0.2) is 30.7 Å². The molecule has 0 amide bonds. The summed E-state index contributed by atoms with van der Waals surface area (Å²) in [6.07, 6.45) is 6.51. The Morgan fingerprint density at radius 1 is 1.43 bits per heavy atom. The minimum absolute atomic E-state index is 0.346. The van der Waals surface area contributed by atoms with Crippen molar-refractivity contribution in [2.45, 2.75) is 13.8 Å². The second kappa shape index (κ2) is 6.69. The van der Waals surface area contributed by atoms with Crippen LogP contribution in [0.4, 0.5) is 0 Å². The van der Waals surface area contributed by atoms with E-state index in [9.17, 15) is 4.79 Å². The predicted octanol–water partition coefficient (Wildman–Crippen LogP) is 2.16. The first-order valence-corrected chi connectivity index (χ1v) is 6.55. The van der Waals surface area contributed by atoms with Crippen LogP contribution in [0.25, 0.3) is 11.8 Å². The van der Waals surface area contributed by atoms with Crippen molar-refractivity contribution in [1.29, 1.82) is 0 Å². The molecule has 2 heterocycles. The lowest BCUT2D eigenvalue weighted by Gasteiger charge is -2.08. The summed E-state index contributed by atoms with van der Waals surface area (Å²) in [4.78, 5) is 19.8. The van der Waals surface area contributed by atoms with Gasteiger partial charge >= 0.3 is 5.97 Å². The molecule has 0 fully saturated rings. The predicted molar refractivity (Wildman–Crippen MR) is 78.3 cm³/mol. The number of ether oxygens (including phenoxy) is 2. The number of hydrogen-bond donors (Lipinski definition) is 0. The Balaban J connectivity index is 2.26. The van der Waals surface area contributed by atoms with E-state index in [-0.39, 0.29) is 0 Å². The van der Waals surface area contributed by atoms with Gasteiger partial charge in [0.2, 0.25) is 5.88 Å². The van der Waals surface area contributed by atoms with Gasteiger partial charge in [0.15, 0.2) is 0 Å². The monoisotopic (exact) mass is 287 g/mol. The number of rotatable bonds is 5. The Labute approximate surface area is 123 Å². The van der Waals surface area contributed by atoms with Crippen molar-refractivity contribution < 1.29 is 14.3 Å². The van der Waals surface area contributed by atoms with E-state index in [1.165, 1.54) is 6.08 Å². The zero-order valence-electron chi connectivity index (χ0n) is 12.2. The zero-order chi connectivity index (χ0) is 15.2. The molecule has 0 atom stereocenters. The molecule has 0 aromatic carbocycles. The highest BCUT2D eigenvalue weighted by Gasteiger charge is 2.08. The summed E-state index contributed by atoms with van der Waals surface area (Å²) in [6, 6.07) is 3.65. The van der Waals surface area contributed by atoms with Crippen LogP contribution in [0, 0.1) is 6.92 Å². The summed E-state index contributed by atoms with van der Waals surface area (Å²) in [5.41, 5.74) is 2.30. The van der Waals surface area contributed by atoms with E-state index in [0.717, 1.165) is 11.4 Å². The summed E-state index contributed by atoms with van der Waals surface area (Å²) >= 11 is 0. The molecule has 2 aromatic heterocycles. The van der Waals surface area contributed by atoms with Gasteiger partial charge in [-0.3, -0.25) is 0 Å². The van der Waals surface area contributed by atoms with Crippen molar-refractivity contribution >= 4 is 12.0 Å². The summed E-state index contributed by atoms with van der Waals surface area (Å²) in [5.74, 6) is 0.0611. The molecule has 0 spiro atoms. The number of aryl methyl sites for hydroxylation is 1. The normalized spacial score (nSPS) is 10.8. The molecule has 0 N–H and O–H groups in total. The fraction of sp³-hybridized carbons (Fsp3) is 0.267. The summed E-state index contributed by atoms with van der Waals surface area (Å²) in [7, 11) is 1.55. The van der Waals surface area contributed by atoms with E-state index in [1.54, 1.807) is 32.5 Å². The number of esters is 1. The highest BCUT2D eigenvalue weighted by Crippen LogP contribution is 2.21. The van der Waals surface area contributed by atoms with E-state index in [4.69, 9.17) is 9.47 Å². The molecule has 0 radical (unpaired) electrons. The van der Waals surface area contributed by atoms with Gasteiger partial charge in [-0.25, -0.2) is 14.8 Å². The molecule has 0 aliphatic carbocycles. The maximum atomic E-state index is 11.3. The molecular weight excluding hydrogens is 270 g/mol. The van der Waals surface area contributed by atoms with Crippen LogP contribution in [0.2, 0.25) is 0 Å². The van der Waals surface area contributed by atoms with Gasteiger partial charge in [0, 0.05) is 12.3 Å². The number of methoxy groups -OCH3 is 1. The molecule has 2 aromatic rings. The number of hydrogen-bond acceptors (Lipinski definition) is 5. The average Bonchev–Trinajstić information content (AvgIpc) is 2.91. The molecule has 0 aliphatic rings. The molecule has 2 rings (SSSR count). The lowest BCUT2D eigenvalue weighted by molar-refractivity contribution is -0.137. The lowest BCUT2D eigenvalue weighted by Crippen LogP contribution is -2.00. The number of aromatic nitrogens is 3. The van der Waals surface area contributed by atoms with E-state index in [0.29, 0.717) is 18.2 Å². The van der Waals surface area contributed by atoms with Crippen molar-refractivity contribution in [2.24, 2.45) is 0 Å². The van der Waals surface area contributed by atoms with Gasteiger partial charge < -0.3 is 14.0 Å². The molecule has 0 aliphatic heterocycles. The van der Waals surface area contributed by atoms with Crippen molar-refractivity contribution in [3.8, 4) is 11.6 Å². The van der Waals surface area contributed by atoms with E-state index < -0.39 is 5.97 Å². The van der Waals surface area contributed by atoms with Gasteiger partial charge in [-0.2, -0.15) is 0 Å². The van der Waals surface area contributed by atoms with Crippen LogP contribution < -0.4 is 4.74 Å². The third-order valence-electron chi connectivity index (χ3n) is 2.72. The number of nitrogens with zero attached hydrogens (tertiary/aromatic N) is 3. The third kappa shape index (κ3) is 3.68. The van der Waals surface area contributed by atoms with Gasteiger partial charge in [0.05, 0.1) is 31.4 Å². The Morgan fingerprint density at radius 2 is 2.24 bits per heavy atom. The zero-order valence-corrected chi connectivity index (χ0v) is 12.2. The highest BCUT2D eigenvalue weighted by atomic mass is 16.5. The van der Waals surface area contributed by atoms with Crippen LogP contribution >= 0.6 is 0 Å². The fourth-order valence-corrected chi connectivity index (χ4v) is 1.78. The van der Waals surface area contributed by atoms with Crippen molar-refractivity contribution in [3.63, 3.8) is 0 Å². The van der Waals surface area contributed by atoms with E-state index in [1.807, 2.05) is 23.8 Å². The van der Waals surface area contributed by atoms with Gasteiger partial charge in [0.25, 0.3) is 0 Å². The SMILES string of the molecule is CCOC(=O)/C=C/c1ccc(-n2cnc(C)c2)c(OC)n1. The van der Waals surface area contributed by atoms with Gasteiger partial charge in [-0.1, -0.05) is 0 Å². The smallest absolute Gasteiger partial charge is 0.330 e. The second-order valence-corrected chi connectivity index (χ2v) is 4.27. The molecule has 0 saturated heterocycles. The Hall–Kier alpha value is -2.63. The van der Waals surface area contributed by atoms with Crippen LogP contribution in [-0.4, -0.2) is 34.2 Å². The quantitative estimate of drug-likeness (QED) is 0.623. The van der Waals surface area contributed by atoms with Crippen molar-refractivity contribution in [3.05, 3.63) is 42.1 Å². The average molecular weight is 287 g/mol. The van der Waals surface area contributed by atoms with Crippen LogP contribution in [0.3, 0.4) is 0 Å².